The van der Waals surface area contributed by atoms with Gasteiger partial charge in [-0.2, -0.15) is 0 Å². The number of rotatable bonds is 6. The van der Waals surface area contributed by atoms with E-state index in [1.807, 2.05) is 6.92 Å². The van der Waals surface area contributed by atoms with Crippen LogP contribution in [0.15, 0.2) is 16.3 Å². The van der Waals surface area contributed by atoms with Gasteiger partial charge in [-0.25, -0.2) is 8.42 Å². The van der Waals surface area contributed by atoms with Crippen LogP contribution in [0.25, 0.3) is 0 Å². The van der Waals surface area contributed by atoms with Crippen LogP contribution in [-0.4, -0.2) is 32.3 Å². The van der Waals surface area contributed by atoms with Crippen molar-refractivity contribution in [2.24, 2.45) is 5.92 Å². The zero-order valence-corrected chi connectivity index (χ0v) is 13.6. The number of hydrogen-bond acceptors (Lipinski definition) is 4. The van der Waals surface area contributed by atoms with Gasteiger partial charge in [-0.3, -0.25) is 4.79 Å². The molecular formula is C12H18ClNO3S2. The SMILES string of the molecule is CCN(CC(C)C)C(=O)Cc1ccc(S(=O)(=O)Cl)s1. The second-order valence-electron chi connectivity index (χ2n) is 4.66. The monoisotopic (exact) mass is 323 g/mol. The third kappa shape index (κ3) is 5.12. The van der Waals surface area contributed by atoms with Crippen molar-refractivity contribution < 1.29 is 13.2 Å². The normalized spacial score (nSPS) is 11.8. The first-order valence-electron chi connectivity index (χ1n) is 6.05. The maximum atomic E-state index is 12.1. The fourth-order valence-corrected chi connectivity index (χ4v) is 3.81. The van der Waals surface area contributed by atoms with E-state index in [2.05, 4.69) is 13.8 Å². The summed E-state index contributed by atoms with van der Waals surface area (Å²) in [4.78, 5) is 14.6. The molecule has 1 aromatic heterocycles. The quantitative estimate of drug-likeness (QED) is 0.756. The van der Waals surface area contributed by atoms with Crippen LogP contribution in [-0.2, 0) is 20.3 Å². The molecule has 0 aliphatic rings. The third-order valence-corrected chi connectivity index (χ3v) is 5.70. The van der Waals surface area contributed by atoms with Crippen LogP contribution < -0.4 is 0 Å². The van der Waals surface area contributed by atoms with Crippen molar-refractivity contribution in [2.75, 3.05) is 13.1 Å². The maximum absolute atomic E-state index is 12.1. The predicted molar refractivity (Wildman–Crippen MR) is 78.2 cm³/mol. The number of likely N-dealkylation sites (N-methyl/N-ethyl adjacent to an activating group) is 1. The molecule has 0 saturated carbocycles. The van der Waals surface area contributed by atoms with Crippen molar-refractivity contribution in [3.63, 3.8) is 0 Å². The first-order valence-corrected chi connectivity index (χ1v) is 9.17. The molecule has 1 amide bonds. The summed E-state index contributed by atoms with van der Waals surface area (Å²) < 4.78 is 22.4. The Labute approximate surface area is 122 Å². The van der Waals surface area contributed by atoms with Gasteiger partial charge in [0.15, 0.2) is 0 Å². The van der Waals surface area contributed by atoms with Gasteiger partial charge in [-0.15, -0.1) is 11.3 Å². The van der Waals surface area contributed by atoms with E-state index < -0.39 is 9.05 Å². The van der Waals surface area contributed by atoms with E-state index in [1.54, 1.807) is 11.0 Å². The van der Waals surface area contributed by atoms with E-state index in [0.717, 1.165) is 11.3 Å². The Morgan fingerprint density at radius 3 is 2.47 bits per heavy atom. The molecule has 108 valence electrons. The van der Waals surface area contributed by atoms with Gasteiger partial charge >= 0.3 is 0 Å². The lowest BCUT2D eigenvalue weighted by atomic mass is 10.2. The van der Waals surface area contributed by atoms with Crippen LogP contribution in [0, 0.1) is 5.92 Å². The number of carbonyl (C=O) groups is 1. The highest BCUT2D eigenvalue weighted by Gasteiger charge is 2.17. The van der Waals surface area contributed by atoms with Crippen molar-refractivity contribution in [3.8, 4) is 0 Å². The predicted octanol–water partition coefficient (Wildman–Crippen LogP) is 2.72. The first kappa shape index (κ1) is 16.5. The molecule has 1 rings (SSSR count). The van der Waals surface area contributed by atoms with E-state index in [9.17, 15) is 13.2 Å². The summed E-state index contributed by atoms with van der Waals surface area (Å²) in [6, 6.07) is 3.08. The smallest absolute Gasteiger partial charge is 0.270 e. The van der Waals surface area contributed by atoms with Gasteiger partial charge in [-0.1, -0.05) is 13.8 Å². The van der Waals surface area contributed by atoms with Crippen LogP contribution in [0.2, 0.25) is 0 Å². The molecule has 0 bridgehead atoms. The lowest BCUT2D eigenvalue weighted by Crippen LogP contribution is -2.34. The van der Waals surface area contributed by atoms with Crippen molar-refractivity contribution >= 4 is 37.0 Å². The molecule has 0 aliphatic carbocycles. The highest BCUT2D eigenvalue weighted by molar-refractivity contribution is 8.15. The van der Waals surface area contributed by atoms with Crippen LogP contribution >= 0.6 is 22.0 Å². The molecule has 0 aromatic carbocycles. The Balaban J connectivity index is 2.74. The third-order valence-electron chi connectivity index (χ3n) is 2.52. The highest BCUT2D eigenvalue weighted by Crippen LogP contribution is 2.25. The zero-order chi connectivity index (χ0) is 14.6. The fourth-order valence-electron chi connectivity index (χ4n) is 1.69. The number of hydrogen-bond donors (Lipinski definition) is 0. The highest BCUT2D eigenvalue weighted by atomic mass is 35.7. The van der Waals surface area contributed by atoms with Crippen LogP contribution in [0.3, 0.4) is 0 Å². The maximum Gasteiger partial charge on any atom is 0.270 e. The van der Waals surface area contributed by atoms with E-state index >= 15 is 0 Å². The molecule has 0 N–H and O–H groups in total. The number of thiophene rings is 1. The van der Waals surface area contributed by atoms with Crippen LogP contribution in [0.5, 0.6) is 0 Å². The Morgan fingerprint density at radius 2 is 2.05 bits per heavy atom. The van der Waals surface area contributed by atoms with Crippen molar-refractivity contribution in [1.82, 2.24) is 4.90 Å². The average molecular weight is 324 g/mol. The summed E-state index contributed by atoms with van der Waals surface area (Å²) in [6.07, 6.45) is 0.220. The second kappa shape index (κ2) is 6.72. The Morgan fingerprint density at radius 1 is 1.42 bits per heavy atom. The standard InChI is InChI=1S/C12H18ClNO3S2/c1-4-14(8-9(2)3)11(15)7-10-5-6-12(18-10)19(13,16)17/h5-6,9H,4,7-8H2,1-3H3. The summed E-state index contributed by atoms with van der Waals surface area (Å²) in [7, 11) is 1.56. The van der Waals surface area contributed by atoms with E-state index in [1.165, 1.54) is 6.07 Å². The number of nitrogens with zero attached hydrogens (tertiary/aromatic N) is 1. The minimum Gasteiger partial charge on any atom is -0.342 e. The number of carbonyl (C=O) groups excluding carboxylic acids is 1. The molecule has 19 heavy (non-hydrogen) atoms. The molecule has 0 saturated heterocycles. The molecule has 0 unspecified atom stereocenters. The molecule has 1 heterocycles. The summed E-state index contributed by atoms with van der Waals surface area (Å²) >= 11 is 1.05. The molecular weight excluding hydrogens is 306 g/mol. The Kier molecular flexibility index (Phi) is 5.82. The van der Waals surface area contributed by atoms with Gasteiger partial charge < -0.3 is 4.90 Å². The van der Waals surface area contributed by atoms with Gasteiger partial charge in [0.25, 0.3) is 9.05 Å². The zero-order valence-electron chi connectivity index (χ0n) is 11.2. The summed E-state index contributed by atoms with van der Waals surface area (Å²) in [6.45, 7) is 7.41. The van der Waals surface area contributed by atoms with E-state index in [0.29, 0.717) is 23.9 Å². The molecule has 4 nitrogen and oxygen atoms in total. The second-order valence-corrected chi connectivity index (χ2v) is 8.62. The molecule has 1 aromatic rings. The molecule has 0 fully saturated rings. The minimum absolute atomic E-state index is 0.0107. The van der Waals surface area contributed by atoms with Crippen molar-refractivity contribution in [1.29, 1.82) is 0 Å². The molecule has 0 atom stereocenters. The minimum atomic E-state index is -3.70. The molecule has 7 heteroatoms. The molecule has 0 spiro atoms. The van der Waals surface area contributed by atoms with Crippen LogP contribution in [0.1, 0.15) is 25.6 Å². The van der Waals surface area contributed by atoms with E-state index in [4.69, 9.17) is 10.7 Å². The lowest BCUT2D eigenvalue weighted by Gasteiger charge is -2.22. The van der Waals surface area contributed by atoms with Crippen LogP contribution in [0.4, 0.5) is 0 Å². The Bertz CT molecular complexity index is 537. The Hall–Kier alpha value is -0.590. The van der Waals surface area contributed by atoms with Crippen molar-refractivity contribution in [3.05, 3.63) is 17.0 Å². The summed E-state index contributed by atoms with van der Waals surface area (Å²) in [5.74, 6) is 0.419. The van der Waals surface area contributed by atoms with Crippen molar-refractivity contribution in [2.45, 2.75) is 31.4 Å². The van der Waals surface area contributed by atoms with Gasteiger partial charge in [0.1, 0.15) is 4.21 Å². The first-order chi connectivity index (χ1) is 8.74. The number of halogens is 1. The van der Waals surface area contributed by atoms with Gasteiger partial charge in [0.05, 0.1) is 6.42 Å². The molecule has 0 aliphatic heterocycles. The molecule has 0 radical (unpaired) electrons. The topological polar surface area (TPSA) is 54.5 Å². The average Bonchev–Trinajstić information content (AvgIpc) is 2.73. The number of amides is 1. The summed E-state index contributed by atoms with van der Waals surface area (Å²) in [5, 5.41) is 0. The van der Waals surface area contributed by atoms with Gasteiger partial charge in [-0.05, 0) is 25.0 Å². The largest absolute Gasteiger partial charge is 0.342 e. The van der Waals surface area contributed by atoms with E-state index in [-0.39, 0.29) is 16.5 Å². The lowest BCUT2D eigenvalue weighted by molar-refractivity contribution is -0.130. The van der Waals surface area contributed by atoms with Gasteiger partial charge in [0.2, 0.25) is 5.91 Å². The summed E-state index contributed by atoms with van der Waals surface area (Å²) in [5.41, 5.74) is 0. The fraction of sp³-hybridized carbons (Fsp3) is 0.583. The van der Waals surface area contributed by atoms with Gasteiger partial charge in [0, 0.05) is 28.6 Å².